The molecule has 0 bridgehead atoms. The van der Waals surface area contributed by atoms with Gasteiger partial charge in [0.25, 0.3) is 0 Å². The van der Waals surface area contributed by atoms with Gasteiger partial charge in [-0.1, -0.05) is 12.1 Å². The van der Waals surface area contributed by atoms with Crippen LogP contribution in [0.1, 0.15) is 5.56 Å². The molecule has 8 nitrogen and oxygen atoms in total. The van der Waals surface area contributed by atoms with Crippen molar-refractivity contribution in [2.75, 3.05) is 59.5 Å². The highest BCUT2D eigenvalue weighted by Gasteiger charge is 2.19. The monoisotopic (exact) mass is 365 g/mol. The van der Waals surface area contributed by atoms with Crippen LogP contribution in [-0.4, -0.2) is 96.3 Å². The van der Waals surface area contributed by atoms with E-state index in [1.165, 1.54) is 0 Å². The first kappa shape index (κ1) is 20.2. The van der Waals surface area contributed by atoms with Crippen molar-refractivity contribution in [3.63, 3.8) is 0 Å². The number of carboxylic acid groups (broad SMARTS) is 2. The third kappa shape index (κ3) is 6.99. The Kier molecular flexibility index (Phi) is 7.83. The zero-order valence-corrected chi connectivity index (χ0v) is 15.1. The molecule has 1 saturated heterocycles. The van der Waals surface area contributed by atoms with Gasteiger partial charge in [0.2, 0.25) is 0 Å². The maximum atomic E-state index is 11.1. The summed E-state index contributed by atoms with van der Waals surface area (Å²) >= 11 is 0. The number of carboxylic acids is 2. The van der Waals surface area contributed by atoms with Gasteiger partial charge < -0.3 is 14.9 Å². The Morgan fingerprint density at radius 3 is 1.65 bits per heavy atom. The molecular weight excluding hydrogens is 338 g/mol. The predicted molar refractivity (Wildman–Crippen MR) is 96.4 cm³/mol. The van der Waals surface area contributed by atoms with Gasteiger partial charge >= 0.3 is 11.9 Å². The zero-order valence-electron chi connectivity index (χ0n) is 15.1. The van der Waals surface area contributed by atoms with Gasteiger partial charge in [0.15, 0.2) is 0 Å². The van der Waals surface area contributed by atoms with E-state index in [0.29, 0.717) is 26.2 Å². The van der Waals surface area contributed by atoms with Gasteiger partial charge in [0.05, 0.1) is 20.2 Å². The largest absolute Gasteiger partial charge is 0.497 e. The second-order valence-corrected chi connectivity index (χ2v) is 6.46. The smallest absolute Gasteiger partial charge is 0.317 e. The van der Waals surface area contributed by atoms with Gasteiger partial charge in [-0.15, -0.1) is 0 Å². The van der Waals surface area contributed by atoms with Gasteiger partial charge in [-0.05, 0) is 17.7 Å². The van der Waals surface area contributed by atoms with Crippen molar-refractivity contribution in [3.8, 4) is 5.75 Å². The Bertz CT molecular complexity index is 565. The summed E-state index contributed by atoms with van der Waals surface area (Å²) in [6.45, 7) is 4.53. The van der Waals surface area contributed by atoms with E-state index in [1.54, 1.807) is 7.11 Å². The van der Waals surface area contributed by atoms with E-state index in [9.17, 15) is 9.59 Å². The van der Waals surface area contributed by atoms with Crippen molar-refractivity contribution >= 4 is 11.9 Å². The molecule has 1 aromatic carbocycles. The van der Waals surface area contributed by atoms with Crippen LogP contribution >= 0.6 is 0 Å². The van der Waals surface area contributed by atoms with Crippen LogP contribution in [0.15, 0.2) is 24.3 Å². The van der Waals surface area contributed by atoms with Gasteiger partial charge in [0, 0.05) is 45.8 Å². The first-order valence-electron chi connectivity index (χ1n) is 8.70. The van der Waals surface area contributed by atoms with Crippen LogP contribution in [-0.2, 0) is 16.1 Å². The molecule has 144 valence electrons. The maximum absolute atomic E-state index is 11.1. The van der Waals surface area contributed by atoms with Crippen LogP contribution < -0.4 is 4.74 Å². The third-order valence-corrected chi connectivity index (χ3v) is 4.48. The van der Waals surface area contributed by atoms with Crippen LogP contribution in [0.3, 0.4) is 0 Å². The molecule has 0 amide bonds. The molecule has 1 heterocycles. The van der Waals surface area contributed by atoms with Gasteiger partial charge in [-0.2, -0.15) is 0 Å². The topological polar surface area (TPSA) is 93.6 Å². The van der Waals surface area contributed by atoms with Crippen molar-refractivity contribution in [2.45, 2.75) is 6.54 Å². The molecule has 1 fully saturated rings. The van der Waals surface area contributed by atoms with E-state index in [0.717, 1.165) is 30.9 Å². The molecule has 1 aliphatic rings. The quantitative estimate of drug-likeness (QED) is 0.712. The lowest BCUT2D eigenvalue weighted by molar-refractivity contribution is -0.140. The molecule has 1 aliphatic heterocycles. The van der Waals surface area contributed by atoms with Gasteiger partial charge in [-0.3, -0.25) is 24.3 Å². The number of hydrogen-bond donors (Lipinski definition) is 2. The maximum Gasteiger partial charge on any atom is 0.317 e. The molecule has 0 aliphatic carbocycles. The lowest BCUT2D eigenvalue weighted by atomic mass is 10.2. The number of benzene rings is 1. The Labute approximate surface area is 153 Å². The average Bonchev–Trinajstić information content (AvgIpc) is 2.68. The fourth-order valence-corrected chi connectivity index (χ4v) is 3.03. The summed E-state index contributed by atoms with van der Waals surface area (Å²) in [5, 5.41) is 18.2. The van der Waals surface area contributed by atoms with Crippen LogP contribution in [0.25, 0.3) is 0 Å². The summed E-state index contributed by atoms with van der Waals surface area (Å²) in [5.41, 5.74) is 1.14. The first-order valence-corrected chi connectivity index (χ1v) is 8.70. The van der Waals surface area contributed by atoms with Crippen molar-refractivity contribution < 1.29 is 24.5 Å². The van der Waals surface area contributed by atoms with E-state index in [2.05, 4.69) is 4.90 Å². The van der Waals surface area contributed by atoms with Crippen LogP contribution in [0.4, 0.5) is 0 Å². The SMILES string of the molecule is COc1ccc(CN2CCN(CC(=O)O)CCN(CC(=O)O)CC2)cc1. The summed E-state index contributed by atoms with van der Waals surface area (Å²) in [5.74, 6) is -0.926. The number of ether oxygens (including phenoxy) is 1. The molecule has 2 N–H and O–H groups in total. The Morgan fingerprint density at radius 2 is 1.27 bits per heavy atom. The highest BCUT2D eigenvalue weighted by Crippen LogP contribution is 2.13. The molecule has 0 unspecified atom stereocenters. The predicted octanol–water partition coefficient (Wildman–Crippen LogP) is 0.284. The number of nitrogens with zero attached hydrogens (tertiary/aromatic N) is 3. The Morgan fingerprint density at radius 1 is 0.846 bits per heavy atom. The molecule has 26 heavy (non-hydrogen) atoms. The van der Waals surface area contributed by atoms with Crippen LogP contribution in [0.2, 0.25) is 0 Å². The van der Waals surface area contributed by atoms with E-state index in [4.69, 9.17) is 14.9 Å². The molecule has 2 rings (SSSR count). The summed E-state index contributed by atoms with van der Waals surface area (Å²) in [6.07, 6.45) is 0. The average molecular weight is 365 g/mol. The summed E-state index contributed by atoms with van der Waals surface area (Å²) in [7, 11) is 1.63. The summed E-state index contributed by atoms with van der Waals surface area (Å²) in [6, 6.07) is 7.85. The fraction of sp³-hybridized carbons (Fsp3) is 0.556. The van der Waals surface area contributed by atoms with Gasteiger partial charge in [0.1, 0.15) is 5.75 Å². The number of hydrogen-bond acceptors (Lipinski definition) is 6. The molecule has 0 atom stereocenters. The Hall–Kier alpha value is -2.16. The van der Waals surface area contributed by atoms with Crippen molar-refractivity contribution in [2.24, 2.45) is 0 Å². The fourth-order valence-electron chi connectivity index (χ4n) is 3.03. The number of rotatable bonds is 7. The molecule has 0 spiro atoms. The highest BCUT2D eigenvalue weighted by atomic mass is 16.5. The number of aliphatic carboxylic acids is 2. The lowest BCUT2D eigenvalue weighted by Crippen LogP contribution is -2.40. The van der Waals surface area contributed by atoms with Crippen molar-refractivity contribution in [3.05, 3.63) is 29.8 Å². The summed E-state index contributed by atoms with van der Waals surface area (Å²) < 4.78 is 5.18. The highest BCUT2D eigenvalue weighted by molar-refractivity contribution is 5.69. The third-order valence-electron chi connectivity index (χ3n) is 4.48. The summed E-state index contributed by atoms with van der Waals surface area (Å²) in [4.78, 5) is 28.1. The molecule has 0 radical (unpaired) electrons. The van der Waals surface area contributed by atoms with E-state index in [-0.39, 0.29) is 13.1 Å². The zero-order chi connectivity index (χ0) is 18.9. The van der Waals surface area contributed by atoms with E-state index >= 15 is 0 Å². The lowest BCUT2D eigenvalue weighted by Gasteiger charge is -2.25. The second-order valence-electron chi connectivity index (χ2n) is 6.46. The van der Waals surface area contributed by atoms with E-state index < -0.39 is 11.9 Å². The van der Waals surface area contributed by atoms with Crippen molar-refractivity contribution in [1.29, 1.82) is 0 Å². The number of methoxy groups -OCH3 is 1. The first-order chi connectivity index (χ1) is 12.5. The molecular formula is C18H27N3O5. The standard InChI is InChI=1S/C18H27N3O5/c1-26-16-4-2-15(3-5-16)12-19-6-8-20(13-17(22)23)10-11-21(9-7-19)14-18(24)25/h2-5H,6-14H2,1H3,(H,22,23)(H,24,25). The molecule has 0 saturated carbocycles. The number of carbonyl (C=O) groups is 2. The van der Waals surface area contributed by atoms with Crippen LogP contribution in [0.5, 0.6) is 5.75 Å². The minimum absolute atomic E-state index is 0.0305. The van der Waals surface area contributed by atoms with E-state index in [1.807, 2.05) is 34.1 Å². The minimum Gasteiger partial charge on any atom is -0.497 e. The van der Waals surface area contributed by atoms with Crippen LogP contribution in [0, 0.1) is 0 Å². The Balaban J connectivity index is 2.03. The minimum atomic E-state index is -0.865. The normalized spacial score (nSPS) is 17.9. The molecule has 8 heteroatoms. The van der Waals surface area contributed by atoms with Gasteiger partial charge in [-0.25, -0.2) is 0 Å². The van der Waals surface area contributed by atoms with Crippen molar-refractivity contribution in [1.82, 2.24) is 14.7 Å². The second kappa shape index (κ2) is 10.1. The molecule has 0 aromatic heterocycles. The molecule has 1 aromatic rings.